The number of carbonyl (C=O) groups is 3. The van der Waals surface area contributed by atoms with E-state index in [2.05, 4.69) is 5.32 Å². The minimum Gasteiger partial charge on any atom is -0.337 e. The molecule has 0 saturated carbocycles. The van der Waals surface area contributed by atoms with Crippen LogP contribution >= 0.6 is 0 Å². The van der Waals surface area contributed by atoms with E-state index in [1.807, 2.05) is 24.3 Å². The van der Waals surface area contributed by atoms with Crippen LogP contribution in [0, 0.1) is 11.6 Å². The van der Waals surface area contributed by atoms with Gasteiger partial charge in [-0.3, -0.25) is 14.5 Å². The fourth-order valence-electron chi connectivity index (χ4n) is 4.30. The number of imide groups is 1. The molecule has 1 aliphatic heterocycles. The van der Waals surface area contributed by atoms with E-state index in [-0.39, 0.29) is 0 Å². The van der Waals surface area contributed by atoms with Crippen LogP contribution in [0.15, 0.2) is 42.5 Å². The zero-order chi connectivity index (χ0) is 22.3. The van der Waals surface area contributed by atoms with E-state index >= 15 is 0 Å². The van der Waals surface area contributed by atoms with Crippen molar-refractivity contribution in [3.05, 3.63) is 70.8 Å². The van der Waals surface area contributed by atoms with Gasteiger partial charge in [0.05, 0.1) is 6.04 Å². The smallest absolute Gasteiger partial charge is 0.325 e. The van der Waals surface area contributed by atoms with E-state index in [1.165, 1.54) is 18.0 Å². The summed E-state index contributed by atoms with van der Waals surface area (Å²) in [5.41, 5.74) is 1.55. The molecule has 4 amide bonds. The Kier molecular flexibility index (Phi) is 5.24. The zero-order valence-electron chi connectivity index (χ0n) is 17.3. The Bertz CT molecular complexity index is 1070. The van der Waals surface area contributed by atoms with Crippen LogP contribution in [0.25, 0.3) is 0 Å². The van der Waals surface area contributed by atoms with E-state index in [0.29, 0.717) is 24.8 Å². The molecule has 2 atom stereocenters. The maximum Gasteiger partial charge on any atom is 0.325 e. The van der Waals surface area contributed by atoms with Crippen molar-refractivity contribution in [3.8, 4) is 0 Å². The van der Waals surface area contributed by atoms with Crippen molar-refractivity contribution in [1.29, 1.82) is 0 Å². The molecule has 2 unspecified atom stereocenters. The molecule has 31 heavy (non-hydrogen) atoms. The number of halogens is 2. The average Bonchev–Trinajstić information content (AvgIpc) is 2.98. The quantitative estimate of drug-likeness (QED) is 0.763. The summed E-state index contributed by atoms with van der Waals surface area (Å²) < 4.78 is 26.8. The summed E-state index contributed by atoms with van der Waals surface area (Å²) in [5, 5.41) is 2.80. The number of amides is 4. The lowest BCUT2D eigenvalue weighted by Gasteiger charge is -2.32. The third-order valence-corrected chi connectivity index (χ3v) is 6.37. The number of urea groups is 1. The van der Waals surface area contributed by atoms with Crippen molar-refractivity contribution in [2.75, 3.05) is 13.6 Å². The third kappa shape index (κ3) is 3.66. The van der Waals surface area contributed by atoms with E-state index in [1.54, 1.807) is 6.92 Å². The molecule has 1 aliphatic carbocycles. The molecule has 1 N–H and O–H groups in total. The number of nitrogens with zero attached hydrogens (tertiary/aromatic N) is 2. The van der Waals surface area contributed by atoms with Crippen LogP contribution in [0.4, 0.5) is 13.6 Å². The average molecular weight is 427 g/mol. The van der Waals surface area contributed by atoms with E-state index in [9.17, 15) is 23.2 Å². The third-order valence-electron chi connectivity index (χ3n) is 6.37. The molecule has 4 rings (SSSR count). The number of nitrogens with one attached hydrogen (secondary N) is 1. The molecule has 1 spiro atoms. The molecule has 1 heterocycles. The minimum absolute atomic E-state index is 0.388. The molecule has 0 bridgehead atoms. The fraction of sp³-hybridized carbons (Fsp3) is 0.348. The van der Waals surface area contributed by atoms with Crippen LogP contribution in [-0.4, -0.2) is 46.8 Å². The summed E-state index contributed by atoms with van der Waals surface area (Å²) in [6.45, 7) is 1.24. The first-order valence-electron chi connectivity index (χ1n) is 10.1. The van der Waals surface area contributed by atoms with Crippen molar-refractivity contribution in [2.24, 2.45) is 0 Å². The molecule has 6 nitrogen and oxygen atoms in total. The summed E-state index contributed by atoms with van der Waals surface area (Å²) in [7, 11) is 1.50. The van der Waals surface area contributed by atoms with Crippen molar-refractivity contribution in [2.45, 2.75) is 37.8 Å². The zero-order valence-corrected chi connectivity index (χ0v) is 17.3. The predicted octanol–water partition coefficient (Wildman–Crippen LogP) is 2.96. The van der Waals surface area contributed by atoms with Gasteiger partial charge in [0.1, 0.15) is 12.1 Å². The van der Waals surface area contributed by atoms with E-state index in [4.69, 9.17) is 0 Å². The monoisotopic (exact) mass is 427 g/mol. The first kappa shape index (κ1) is 21.0. The van der Waals surface area contributed by atoms with Gasteiger partial charge in [0, 0.05) is 13.5 Å². The molecule has 1 fully saturated rings. The number of aryl methyl sites for hydroxylation is 1. The van der Waals surface area contributed by atoms with Crippen LogP contribution in [0.3, 0.4) is 0 Å². The molecule has 0 aromatic heterocycles. The summed E-state index contributed by atoms with van der Waals surface area (Å²) in [6, 6.07) is 10.1. The van der Waals surface area contributed by atoms with Gasteiger partial charge in [0.15, 0.2) is 11.6 Å². The van der Waals surface area contributed by atoms with Gasteiger partial charge in [0.2, 0.25) is 5.91 Å². The Morgan fingerprint density at radius 1 is 1.16 bits per heavy atom. The number of fused-ring (bicyclic) bond motifs is 1. The van der Waals surface area contributed by atoms with Gasteiger partial charge in [-0.25, -0.2) is 13.6 Å². The number of rotatable bonds is 4. The lowest BCUT2D eigenvalue weighted by Crippen LogP contribution is -2.51. The van der Waals surface area contributed by atoms with Crippen LogP contribution < -0.4 is 5.32 Å². The van der Waals surface area contributed by atoms with Gasteiger partial charge in [0.25, 0.3) is 5.91 Å². The number of carbonyl (C=O) groups excluding carboxylic acids is 3. The Labute approximate surface area is 178 Å². The molecule has 0 radical (unpaired) electrons. The van der Waals surface area contributed by atoms with Gasteiger partial charge in [-0.1, -0.05) is 30.3 Å². The fourth-order valence-corrected chi connectivity index (χ4v) is 4.30. The summed E-state index contributed by atoms with van der Waals surface area (Å²) in [4.78, 5) is 40.8. The second-order valence-electron chi connectivity index (χ2n) is 8.20. The number of benzene rings is 2. The standard InChI is InChI=1S/C23H23F2N3O3/c1-14(16-7-8-18(24)19(25)11-16)27(2)20(29)13-28-21(30)23(26-22(28)31)10-9-15-5-3-4-6-17(15)12-23/h3-8,11,14H,9-10,12-13H2,1-2H3,(H,26,31). The molecule has 2 aromatic rings. The molecule has 2 aromatic carbocycles. The Hall–Kier alpha value is -3.29. The topological polar surface area (TPSA) is 69.7 Å². The Balaban J connectivity index is 1.47. The van der Waals surface area contributed by atoms with E-state index < -0.39 is 47.6 Å². The van der Waals surface area contributed by atoms with Gasteiger partial charge >= 0.3 is 6.03 Å². The van der Waals surface area contributed by atoms with Crippen molar-refractivity contribution in [3.63, 3.8) is 0 Å². The van der Waals surface area contributed by atoms with Crippen LogP contribution in [0.2, 0.25) is 0 Å². The highest BCUT2D eigenvalue weighted by molar-refractivity contribution is 6.09. The maximum absolute atomic E-state index is 13.6. The molecule has 1 saturated heterocycles. The highest BCUT2D eigenvalue weighted by atomic mass is 19.2. The van der Waals surface area contributed by atoms with Crippen molar-refractivity contribution >= 4 is 17.8 Å². The number of likely N-dealkylation sites (N-methyl/N-ethyl adjacent to an activating group) is 1. The maximum atomic E-state index is 13.6. The molecule has 2 aliphatic rings. The Morgan fingerprint density at radius 2 is 1.87 bits per heavy atom. The lowest BCUT2D eigenvalue weighted by molar-refractivity contribution is -0.139. The van der Waals surface area contributed by atoms with Crippen molar-refractivity contribution < 1.29 is 23.2 Å². The first-order valence-corrected chi connectivity index (χ1v) is 10.1. The highest BCUT2D eigenvalue weighted by Gasteiger charge is 2.52. The minimum atomic E-state index is -1.03. The van der Waals surface area contributed by atoms with Gasteiger partial charge in [-0.15, -0.1) is 0 Å². The van der Waals surface area contributed by atoms with Crippen LogP contribution in [0.1, 0.15) is 36.1 Å². The van der Waals surface area contributed by atoms with Gasteiger partial charge in [-0.2, -0.15) is 0 Å². The Morgan fingerprint density at radius 3 is 2.58 bits per heavy atom. The number of hydrogen-bond acceptors (Lipinski definition) is 3. The molecule has 162 valence electrons. The van der Waals surface area contributed by atoms with Crippen LogP contribution in [-0.2, 0) is 22.4 Å². The van der Waals surface area contributed by atoms with Crippen molar-refractivity contribution in [1.82, 2.24) is 15.1 Å². The normalized spacial score (nSPS) is 21.1. The van der Waals surface area contributed by atoms with E-state index in [0.717, 1.165) is 28.2 Å². The summed E-state index contributed by atoms with van der Waals surface area (Å²) in [5.74, 6) is -2.86. The highest BCUT2D eigenvalue weighted by Crippen LogP contribution is 2.33. The van der Waals surface area contributed by atoms with Gasteiger partial charge in [-0.05, 0) is 48.6 Å². The van der Waals surface area contributed by atoms with Gasteiger partial charge < -0.3 is 10.2 Å². The summed E-state index contributed by atoms with van der Waals surface area (Å²) in [6.07, 6.45) is 1.52. The molecular weight excluding hydrogens is 404 g/mol. The second kappa shape index (κ2) is 7.76. The van der Waals surface area contributed by atoms with Crippen LogP contribution in [0.5, 0.6) is 0 Å². The SMILES string of the molecule is CC(c1ccc(F)c(F)c1)N(C)C(=O)CN1C(=O)NC2(CCc3ccccc3C2)C1=O. The molecular formula is C23H23F2N3O3. The predicted molar refractivity (Wildman–Crippen MR) is 109 cm³/mol. The largest absolute Gasteiger partial charge is 0.337 e. The second-order valence-corrected chi connectivity index (χ2v) is 8.20. The number of hydrogen-bond donors (Lipinski definition) is 1. The first-order chi connectivity index (χ1) is 14.7. The summed E-state index contributed by atoms with van der Waals surface area (Å²) >= 11 is 0. The lowest BCUT2D eigenvalue weighted by atomic mass is 9.78. The molecule has 8 heteroatoms.